The van der Waals surface area contributed by atoms with Crippen molar-refractivity contribution in [3.63, 3.8) is 0 Å². The Morgan fingerprint density at radius 1 is 1.20 bits per heavy atom. The highest BCUT2D eigenvalue weighted by atomic mass is 16.5. The SMILES string of the molecule is CCN1CCN(c2cc(Nc3cccc(C(=O)OC)c3)ncn2)CC1. The van der Waals surface area contributed by atoms with E-state index in [1.807, 2.05) is 12.1 Å². The van der Waals surface area contributed by atoms with Crippen molar-refractivity contribution in [1.82, 2.24) is 14.9 Å². The van der Waals surface area contributed by atoms with Gasteiger partial charge in [0, 0.05) is 37.9 Å². The van der Waals surface area contributed by atoms with Crippen LogP contribution >= 0.6 is 0 Å². The second kappa shape index (κ2) is 7.94. The van der Waals surface area contributed by atoms with Gasteiger partial charge in [-0.3, -0.25) is 0 Å². The molecule has 7 nitrogen and oxygen atoms in total. The fraction of sp³-hybridized carbons (Fsp3) is 0.389. The highest BCUT2D eigenvalue weighted by molar-refractivity contribution is 5.90. The van der Waals surface area contributed by atoms with Crippen LogP contribution in [0.2, 0.25) is 0 Å². The van der Waals surface area contributed by atoms with Gasteiger partial charge in [0.05, 0.1) is 12.7 Å². The summed E-state index contributed by atoms with van der Waals surface area (Å²) in [6.07, 6.45) is 1.56. The van der Waals surface area contributed by atoms with E-state index in [0.29, 0.717) is 11.4 Å². The van der Waals surface area contributed by atoms with Gasteiger partial charge in [0.2, 0.25) is 0 Å². The van der Waals surface area contributed by atoms with E-state index in [0.717, 1.165) is 44.2 Å². The van der Waals surface area contributed by atoms with Gasteiger partial charge >= 0.3 is 5.97 Å². The number of benzene rings is 1. The number of carbonyl (C=O) groups excluding carboxylic acids is 1. The van der Waals surface area contributed by atoms with E-state index in [1.165, 1.54) is 7.11 Å². The lowest BCUT2D eigenvalue weighted by Gasteiger charge is -2.34. The molecule has 0 aliphatic carbocycles. The molecule has 1 aromatic carbocycles. The van der Waals surface area contributed by atoms with Gasteiger partial charge in [0.1, 0.15) is 18.0 Å². The molecule has 2 aromatic rings. The van der Waals surface area contributed by atoms with E-state index in [-0.39, 0.29) is 5.97 Å². The third-order valence-electron chi connectivity index (χ3n) is 4.35. The quantitative estimate of drug-likeness (QED) is 0.836. The number of hydrogen-bond acceptors (Lipinski definition) is 7. The van der Waals surface area contributed by atoms with Crippen LogP contribution in [0.5, 0.6) is 0 Å². The molecule has 3 rings (SSSR count). The van der Waals surface area contributed by atoms with E-state index in [4.69, 9.17) is 4.74 Å². The second-order valence-electron chi connectivity index (χ2n) is 5.88. The van der Waals surface area contributed by atoms with Crippen LogP contribution in [-0.2, 0) is 4.74 Å². The molecule has 0 saturated carbocycles. The first-order valence-electron chi connectivity index (χ1n) is 8.44. The Morgan fingerprint density at radius 3 is 2.72 bits per heavy atom. The highest BCUT2D eigenvalue weighted by Crippen LogP contribution is 2.20. The molecule has 0 spiro atoms. The molecule has 1 aliphatic heterocycles. The smallest absolute Gasteiger partial charge is 0.337 e. The van der Waals surface area contributed by atoms with Crippen LogP contribution in [0.25, 0.3) is 0 Å². The van der Waals surface area contributed by atoms with Gasteiger partial charge in [0.15, 0.2) is 0 Å². The molecule has 1 aliphatic rings. The largest absolute Gasteiger partial charge is 0.465 e. The minimum Gasteiger partial charge on any atom is -0.465 e. The molecule has 1 fully saturated rings. The van der Waals surface area contributed by atoms with E-state index in [2.05, 4.69) is 32.0 Å². The predicted octanol–water partition coefficient (Wildman–Crippen LogP) is 2.15. The molecule has 0 atom stereocenters. The summed E-state index contributed by atoms with van der Waals surface area (Å²) in [5.41, 5.74) is 1.28. The molecule has 25 heavy (non-hydrogen) atoms. The number of piperazine rings is 1. The van der Waals surface area contributed by atoms with Gasteiger partial charge in [0.25, 0.3) is 0 Å². The molecule has 2 heterocycles. The van der Waals surface area contributed by atoms with Crippen molar-refractivity contribution in [3.8, 4) is 0 Å². The Morgan fingerprint density at radius 2 is 2.00 bits per heavy atom. The minimum absolute atomic E-state index is 0.360. The molecule has 0 amide bonds. The van der Waals surface area contributed by atoms with Gasteiger partial charge in [-0.25, -0.2) is 14.8 Å². The van der Waals surface area contributed by atoms with Gasteiger partial charge < -0.3 is 19.9 Å². The number of ether oxygens (including phenoxy) is 1. The van der Waals surface area contributed by atoms with Crippen LogP contribution in [0.1, 0.15) is 17.3 Å². The topological polar surface area (TPSA) is 70.6 Å². The standard InChI is InChI=1S/C18H23N5O2/c1-3-22-7-9-23(10-8-22)17-12-16(19-13-20-17)21-15-6-4-5-14(11-15)18(24)25-2/h4-6,11-13H,3,7-10H2,1-2H3,(H,19,20,21). The molecule has 0 bridgehead atoms. The summed E-state index contributed by atoms with van der Waals surface area (Å²) in [7, 11) is 1.37. The first-order chi connectivity index (χ1) is 12.2. The summed E-state index contributed by atoms with van der Waals surface area (Å²) in [6.45, 7) is 7.28. The number of rotatable bonds is 5. The van der Waals surface area contributed by atoms with Crippen molar-refractivity contribution < 1.29 is 9.53 Å². The van der Waals surface area contributed by atoms with Crippen molar-refractivity contribution in [3.05, 3.63) is 42.2 Å². The monoisotopic (exact) mass is 341 g/mol. The third-order valence-corrected chi connectivity index (χ3v) is 4.35. The summed E-state index contributed by atoms with van der Waals surface area (Å²) >= 11 is 0. The average molecular weight is 341 g/mol. The molecule has 132 valence electrons. The van der Waals surface area contributed by atoms with Crippen LogP contribution in [-0.4, -0.2) is 60.7 Å². The van der Waals surface area contributed by atoms with Crippen LogP contribution in [0, 0.1) is 0 Å². The molecule has 1 saturated heterocycles. The zero-order valence-electron chi connectivity index (χ0n) is 14.6. The minimum atomic E-state index is -0.360. The number of aromatic nitrogens is 2. The predicted molar refractivity (Wildman–Crippen MR) is 97.4 cm³/mol. The Labute approximate surface area is 147 Å². The lowest BCUT2D eigenvalue weighted by Crippen LogP contribution is -2.46. The number of anilines is 3. The lowest BCUT2D eigenvalue weighted by atomic mass is 10.2. The van der Waals surface area contributed by atoms with Crippen LogP contribution in [0.4, 0.5) is 17.3 Å². The fourth-order valence-corrected chi connectivity index (χ4v) is 2.87. The maximum Gasteiger partial charge on any atom is 0.337 e. The van der Waals surface area contributed by atoms with E-state index >= 15 is 0 Å². The lowest BCUT2D eigenvalue weighted by molar-refractivity contribution is 0.0601. The van der Waals surface area contributed by atoms with E-state index < -0.39 is 0 Å². The van der Waals surface area contributed by atoms with Crippen molar-refractivity contribution in [2.45, 2.75) is 6.92 Å². The van der Waals surface area contributed by atoms with Crippen LogP contribution < -0.4 is 10.2 Å². The first kappa shape index (κ1) is 17.2. The third kappa shape index (κ3) is 4.24. The zero-order chi connectivity index (χ0) is 17.6. The second-order valence-corrected chi connectivity index (χ2v) is 5.88. The summed E-state index contributed by atoms with van der Waals surface area (Å²) in [5.74, 6) is 1.25. The van der Waals surface area contributed by atoms with Crippen molar-refractivity contribution >= 4 is 23.3 Å². The van der Waals surface area contributed by atoms with Crippen LogP contribution in [0.3, 0.4) is 0 Å². The summed E-state index contributed by atoms with van der Waals surface area (Å²) in [6, 6.07) is 9.09. The number of esters is 1. The van der Waals surface area contributed by atoms with E-state index in [1.54, 1.807) is 24.5 Å². The zero-order valence-corrected chi connectivity index (χ0v) is 14.6. The van der Waals surface area contributed by atoms with Crippen molar-refractivity contribution in [2.24, 2.45) is 0 Å². The van der Waals surface area contributed by atoms with Crippen molar-refractivity contribution in [1.29, 1.82) is 0 Å². The molecule has 0 radical (unpaired) electrons. The summed E-state index contributed by atoms with van der Waals surface area (Å²) < 4.78 is 4.75. The van der Waals surface area contributed by atoms with Crippen LogP contribution in [0.15, 0.2) is 36.7 Å². The number of likely N-dealkylation sites (N-methyl/N-ethyl adjacent to an activating group) is 1. The Kier molecular flexibility index (Phi) is 5.45. The van der Waals surface area contributed by atoms with Gasteiger partial charge in [-0.15, -0.1) is 0 Å². The summed E-state index contributed by atoms with van der Waals surface area (Å²) in [4.78, 5) is 25.0. The Hall–Kier alpha value is -2.67. The first-order valence-corrected chi connectivity index (χ1v) is 8.44. The summed E-state index contributed by atoms with van der Waals surface area (Å²) in [5, 5.41) is 3.23. The van der Waals surface area contributed by atoms with Gasteiger partial charge in [-0.05, 0) is 24.7 Å². The average Bonchev–Trinajstić information content (AvgIpc) is 2.68. The molecular weight excluding hydrogens is 318 g/mol. The maximum atomic E-state index is 11.6. The number of nitrogens with one attached hydrogen (secondary N) is 1. The fourth-order valence-electron chi connectivity index (χ4n) is 2.87. The van der Waals surface area contributed by atoms with E-state index in [9.17, 15) is 4.79 Å². The molecule has 1 N–H and O–H groups in total. The Balaban J connectivity index is 1.71. The van der Waals surface area contributed by atoms with Crippen molar-refractivity contribution in [2.75, 3.05) is 50.1 Å². The number of methoxy groups -OCH3 is 1. The number of carbonyl (C=O) groups is 1. The molecule has 0 unspecified atom stereocenters. The normalized spacial score (nSPS) is 15.0. The molecule has 7 heteroatoms. The Bertz CT molecular complexity index is 729. The molecular formula is C18H23N5O2. The number of hydrogen-bond donors (Lipinski definition) is 1. The highest BCUT2D eigenvalue weighted by Gasteiger charge is 2.17. The molecule has 1 aromatic heterocycles. The van der Waals surface area contributed by atoms with Gasteiger partial charge in [-0.1, -0.05) is 13.0 Å². The number of nitrogens with zero attached hydrogens (tertiary/aromatic N) is 4. The van der Waals surface area contributed by atoms with Gasteiger partial charge in [-0.2, -0.15) is 0 Å². The maximum absolute atomic E-state index is 11.6.